The molecule has 12 heteroatoms. The third-order valence-corrected chi connectivity index (χ3v) is 8.60. The Bertz CT molecular complexity index is 1440. The van der Waals surface area contributed by atoms with Crippen LogP contribution in [0.4, 0.5) is 18.9 Å². The molecular formula is C25H22Cl3F3N2O3S. The highest BCUT2D eigenvalue weighted by Gasteiger charge is 2.32. The number of nitrogens with zero attached hydrogens (tertiary/aromatic N) is 1. The highest BCUT2D eigenvalue weighted by atomic mass is 35.5. The fraction of sp³-hybridized carbons (Fsp3) is 0.240. The Morgan fingerprint density at radius 1 is 0.892 bits per heavy atom. The van der Waals surface area contributed by atoms with Gasteiger partial charge in [0.2, 0.25) is 15.9 Å². The van der Waals surface area contributed by atoms with E-state index in [9.17, 15) is 26.4 Å². The van der Waals surface area contributed by atoms with Crippen LogP contribution in [0.3, 0.4) is 0 Å². The van der Waals surface area contributed by atoms with E-state index < -0.39 is 34.2 Å². The number of halogens is 6. The van der Waals surface area contributed by atoms with Crippen molar-refractivity contribution in [2.75, 3.05) is 11.9 Å². The molecule has 0 atom stereocenters. The molecular weight excluding hydrogens is 572 g/mol. The molecule has 0 aliphatic rings. The van der Waals surface area contributed by atoms with E-state index in [1.807, 2.05) is 6.92 Å². The second-order valence-electron chi connectivity index (χ2n) is 8.49. The minimum absolute atomic E-state index is 0.0306. The summed E-state index contributed by atoms with van der Waals surface area (Å²) < 4.78 is 67.9. The number of carbonyl (C=O) groups excluding carboxylic acids is 1. The number of rotatable bonds is 7. The molecule has 0 spiro atoms. The molecule has 0 fully saturated rings. The van der Waals surface area contributed by atoms with Crippen molar-refractivity contribution < 1.29 is 26.4 Å². The summed E-state index contributed by atoms with van der Waals surface area (Å²) in [6, 6.07) is 10.4. The molecule has 0 saturated heterocycles. The van der Waals surface area contributed by atoms with Crippen molar-refractivity contribution >= 4 is 56.4 Å². The molecule has 0 bridgehead atoms. The molecule has 0 aliphatic carbocycles. The maximum atomic E-state index is 13.8. The number of nitrogens with one attached hydrogen (secondary N) is 1. The number of sulfonamides is 1. The minimum atomic E-state index is -4.66. The zero-order valence-corrected chi connectivity index (χ0v) is 23.0. The molecule has 0 heterocycles. The first-order valence-electron chi connectivity index (χ1n) is 10.8. The summed E-state index contributed by atoms with van der Waals surface area (Å²) >= 11 is 18.1. The first kappa shape index (κ1) is 29.3. The van der Waals surface area contributed by atoms with Crippen LogP contribution in [0.1, 0.15) is 27.8 Å². The fourth-order valence-electron chi connectivity index (χ4n) is 3.92. The van der Waals surface area contributed by atoms with Gasteiger partial charge in [-0.25, -0.2) is 8.42 Å². The van der Waals surface area contributed by atoms with Crippen LogP contribution in [0, 0.1) is 20.8 Å². The Morgan fingerprint density at radius 2 is 1.49 bits per heavy atom. The van der Waals surface area contributed by atoms with Gasteiger partial charge in [-0.3, -0.25) is 4.79 Å². The second kappa shape index (κ2) is 11.2. The van der Waals surface area contributed by atoms with Crippen LogP contribution in [0.15, 0.2) is 53.4 Å². The van der Waals surface area contributed by atoms with Crippen LogP contribution >= 0.6 is 34.8 Å². The molecule has 1 N–H and O–H groups in total. The molecule has 3 aromatic carbocycles. The third-order valence-electron chi connectivity index (χ3n) is 5.43. The molecule has 3 aromatic rings. The van der Waals surface area contributed by atoms with Crippen LogP contribution in [0.5, 0.6) is 0 Å². The first-order chi connectivity index (χ1) is 17.1. The lowest BCUT2D eigenvalue weighted by molar-refractivity contribution is -0.137. The molecule has 0 aliphatic heterocycles. The summed E-state index contributed by atoms with van der Waals surface area (Å²) in [5, 5.41) is 2.62. The van der Waals surface area contributed by atoms with Crippen LogP contribution in [0.25, 0.3) is 0 Å². The Morgan fingerprint density at radius 3 is 2.05 bits per heavy atom. The molecule has 1 amide bonds. The Hall–Kier alpha value is -2.30. The molecule has 0 unspecified atom stereocenters. The molecule has 5 nitrogen and oxygen atoms in total. The van der Waals surface area contributed by atoms with Gasteiger partial charge in [-0.15, -0.1) is 0 Å². The average Bonchev–Trinajstić information content (AvgIpc) is 2.75. The Kier molecular flexibility index (Phi) is 8.86. The van der Waals surface area contributed by atoms with Gasteiger partial charge >= 0.3 is 6.18 Å². The lowest BCUT2D eigenvalue weighted by Gasteiger charge is -2.24. The number of aryl methyl sites for hydroxylation is 3. The van der Waals surface area contributed by atoms with Gasteiger partial charge in [-0.2, -0.15) is 17.5 Å². The summed E-state index contributed by atoms with van der Waals surface area (Å²) in [5.41, 5.74) is 0.970. The van der Waals surface area contributed by atoms with Crippen LogP contribution in [-0.4, -0.2) is 25.2 Å². The predicted octanol–water partition coefficient (Wildman–Crippen LogP) is 7.42. The second-order valence-corrected chi connectivity index (χ2v) is 11.6. The van der Waals surface area contributed by atoms with Crippen molar-refractivity contribution in [2.24, 2.45) is 0 Å². The quantitative estimate of drug-likeness (QED) is 0.310. The number of benzene rings is 3. The van der Waals surface area contributed by atoms with Gasteiger partial charge in [0.15, 0.2) is 0 Å². The van der Waals surface area contributed by atoms with Gasteiger partial charge in [0.1, 0.15) is 0 Å². The molecule has 0 aromatic heterocycles. The maximum absolute atomic E-state index is 13.8. The summed E-state index contributed by atoms with van der Waals surface area (Å²) in [5.74, 6) is -0.882. The first-order valence-corrected chi connectivity index (χ1v) is 13.4. The van der Waals surface area contributed by atoms with Crippen molar-refractivity contribution in [1.82, 2.24) is 4.31 Å². The van der Waals surface area contributed by atoms with E-state index in [1.165, 1.54) is 12.1 Å². The number of hydrogen-bond donors (Lipinski definition) is 1. The van der Waals surface area contributed by atoms with Crippen molar-refractivity contribution in [3.05, 3.63) is 91.4 Å². The van der Waals surface area contributed by atoms with Crippen molar-refractivity contribution in [3.63, 3.8) is 0 Å². The highest BCUT2D eigenvalue weighted by Crippen LogP contribution is 2.34. The molecule has 37 heavy (non-hydrogen) atoms. The Balaban J connectivity index is 2.00. The zero-order valence-electron chi connectivity index (χ0n) is 19.9. The monoisotopic (exact) mass is 592 g/mol. The minimum Gasteiger partial charge on any atom is -0.324 e. The summed E-state index contributed by atoms with van der Waals surface area (Å²) in [4.78, 5) is 13.0. The van der Waals surface area contributed by atoms with Crippen LogP contribution in [-0.2, 0) is 27.5 Å². The summed E-state index contributed by atoms with van der Waals surface area (Å²) in [7, 11) is -4.25. The standard InChI is InChI=1S/C25H22Cl3F3N2O3S/c1-14-8-15(2)24(16(3)9-14)37(35,36)33(12-17-4-6-19(26)21(28)10-17)13-23(34)32-22-11-18(25(29,30)31)5-7-20(22)27/h4-11H,12-13H2,1-3H3,(H,32,34). The summed E-state index contributed by atoms with van der Waals surface area (Å²) in [6.07, 6.45) is -4.66. The number of anilines is 1. The summed E-state index contributed by atoms with van der Waals surface area (Å²) in [6.45, 7) is 4.16. The lowest BCUT2D eigenvalue weighted by atomic mass is 10.1. The maximum Gasteiger partial charge on any atom is 0.416 e. The van der Waals surface area contributed by atoms with Gasteiger partial charge < -0.3 is 5.32 Å². The van der Waals surface area contributed by atoms with E-state index in [2.05, 4.69) is 5.32 Å². The highest BCUT2D eigenvalue weighted by molar-refractivity contribution is 7.89. The van der Waals surface area contributed by atoms with E-state index in [0.29, 0.717) is 22.8 Å². The average molecular weight is 594 g/mol. The largest absolute Gasteiger partial charge is 0.416 e. The fourth-order valence-corrected chi connectivity index (χ4v) is 6.20. The van der Waals surface area contributed by atoms with Crippen LogP contribution < -0.4 is 5.32 Å². The van der Waals surface area contributed by atoms with Gasteiger partial charge in [-0.05, 0) is 67.8 Å². The topological polar surface area (TPSA) is 66.5 Å². The van der Waals surface area contributed by atoms with Crippen molar-refractivity contribution in [2.45, 2.75) is 38.4 Å². The van der Waals surface area contributed by atoms with E-state index in [1.54, 1.807) is 32.0 Å². The normalized spacial score (nSPS) is 12.2. The predicted molar refractivity (Wildman–Crippen MR) is 140 cm³/mol. The van der Waals surface area contributed by atoms with E-state index in [4.69, 9.17) is 34.8 Å². The van der Waals surface area contributed by atoms with Crippen molar-refractivity contribution in [3.8, 4) is 0 Å². The van der Waals surface area contributed by atoms with E-state index in [-0.39, 0.29) is 32.2 Å². The van der Waals surface area contributed by atoms with Gasteiger partial charge in [0, 0.05) is 6.54 Å². The number of amides is 1. The molecule has 0 saturated carbocycles. The molecule has 3 rings (SSSR count). The van der Waals surface area contributed by atoms with Crippen LogP contribution in [0.2, 0.25) is 15.1 Å². The SMILES string of the molecule is Cc1cc(C)c(S(=O)(=O)N(CC(=O)Nc2cc(C(F)(F)F)ccc2Cl)Cc2ccc(Cl)c(Cl)c2)c(C)c1. The Labute approximate surface area is 228 Å². The molecule has 0 radical (unpaired) electrons. The number of hydrogen-bond acceptors (Lipinski definition) is 3. The zero-order chi connectivity index (χ0) is 27.7. The molecule has 198 valence electrons. The third kappa shape index (κ3) is 6.97. The van der Waals surface area contributed by atoms with Gasteiger partial charge in [0.25, 0.3) is 0 Å². The van der Waals surface area contributed by atoms with E-state index >= 15 is 0 Å². The van der Waals surface area contributed by atoms with Gasteiger partial charge in [0.05, 0.1) is 37.8 Å². The number of carbonyl (C=O) groups is 1. The van der Waals surface area contributed by atoms with Gasteiger partial charge in [-0.1, -0.05) is 58.6 Å². The number of alkyl halides is 3. The van der Waals surface area contributed by atoms with E-state index in [0.717, 1.165) is 22.0 Å². The lowest BCUT2D eigenvalue weighted by Crippen LogP contribution is -2.38. The smallest absolute Gasteiger partial charge is 0.324 e. The van der Waals surface area contributed by atoms with Crippen molar-refractivity contribution in [1.29, 1.82) is 0 Å².